The quantitative estimate of drug-likeness (QED) is 0.671. The molecule has 1 aromatic carbocycles. The van der Waals surface area contributed by atoms with E-state index in [0.29, 0.717) is 12.2 Å². The Kier molecular flexibility index (Phi) is 3.09. The lowest BCUT2D eigenvalue weighted by molar-refractivity contribution is -0.141. The van der Waals surface area contributed by atoms with E-state index in [9.17, 15) is 9.59 Å². The summed E-state index contributed by atoms with van der Waals surface area (Å²) in [5.41, 5.74) is 7.35. The van der Waals surface area contributed by atoms with Gasteiger partial charge in [0.1, 0.15) is 0 Å². The van der Waals surface area contributed by atoms with Gasteiger partial charge >= 0.3 is 0 Å². The molecule has 2 fully saturated rings. The molecule has 4 nitrogen and oxygen atoms in total. The number of likely N-dealkylation sites (tertiary alicyclic amines) is 1. The van der Waals surface area contributed by atoms with Gasteiger partial charge in [-0.15, -0.1) is 0 Å². The van der Waals surface area contributed by atoms with E-state index in [0.717, 1.165) is 29.3 Å². The highest BCUT2D eigenvalue weighted by molar-refractivity contribution is 9.10. The van der Waals surface area contributed by atoms with Gasteiger partial charge < -0.3 is 5.73 Å². The lowest BCUT2D eigenvalue weighted by Gasteiger charge is -2.17. The largest absolute Gasteiger partial charge is 0.398 e. The number of hydrogen-bond donors (Lipinski definition) is 1. The minimum Gasteiger partial charge on any atom is -0.398 e. The summed E-state index contributed by atoms with van der Waals surface area (Å²) >= 11 is 3.34. The SMILES string of the molecule is Nc1cc(Br)ccc1CN1C(=O)C2CCCC2C1=O. The molecule has 5 heteroatoms. The molecule has 0 aromatic heterocycles. The van der Waals surface area contributed by atoms with Crippen LogP contribution in [0.25, 0.3) is 0 Å². The molecule has 0 radical (unpaired) electrons. The predicted octanol–water partition coefficient (Wildman–Crippen LogP) is 2.32. The van der Waals surface area contributed by atoms with E-state index >= 15 is 0 Å². The normalized spacial score (nSPS) is 26.1. The smallest absolute Gasteiger partial charge is 0.233 e. The topological polar surface area (TPSA) is 63.4 Å². The molecule has 2 unspecified atom stereocenters. The van der Waals surface area contributed by atoms with Crippen LogP contribution in [0.15, 0.2) is 22.7 Å². The van der Waals surface area contributed by atoms with Gasteiger partial charge in [-0.05, 0) is 30.5 Å². The van der Waals surface area contributed by atoms with Crippen LogP contribution in [0, 0.1) is 11.8 Å². The van der Waals surface area contributed by atoms with Crippen LogP contribution in [0.1, 0.15) is 24.8 Å². The fraction of sp³-hybridized carbons (Fsp3) is 0.429. The fourth-order valence-electron chi connectivity index (χ4n) is 3.10. The molecule has 1 aliphatic heterocycles. The Morgan fingerprint density at radius 3 is 2.42 bits per heavy atom. The Labute approximate surface area is 120 Å². The zero-order valence-electron chi connectivity index (χ0n) is 10.4. The minimum absolute atomic E-state index is 0.0187. The van der Waals surface area contributed by atoms with E-state index in [1.807, 2.05) is 12.1 Å². The van der Waals surface area contributed by atoms with Crippen LogP contribution in [-0.4, -0.2) is 16.7 Å². The summed E-state index contributed by atoms with van der Waals surface area (Å²) in [5, 5.41) is 0. The van der Waals surface area contributed by atoms with Gasteiger partial charge in [0, 0.05) is 10.2 Å². The second-order valence-corrected chi connectivity index (χ2v) is 6.17. The maximum Gasteiger partial charge on any atom is 0.233 e. The van der Waals surface area contributed by atoms with Crippen molar-refractivity contribution in [2.24, 2.45) is 11.8 Å². The predicted molar refractivity (Wildman–Crippen MR) is 74.9 cm³/mol. The third kappa shape index (κ3) is 2.06. The number of carbonyl (C=O) groups is 2. The van der Waals surface area contributed by atoms with Crippen LogP contribution in [0.4, 0.5) is 5.69 Å². The number of fused-ring (bicyclic) bond motifs is 1. The van der Waals surface area contributed by atoms with E-state index in [1.54, 1.807) is 6.07 Å². The van der Waals surface area contributed by atoms with Gasteiger partial charge in [-0.2, -0.15) is 0 Å². The van der Waals surface area contributed by atoms with Crippen molar-refractivity contribution in [1.82, 2.24) is 4.90 Å². The molecule has 19 heavy (non-hydrogen) atoms. The first-order valence-corrected chi connectivity index (χ1v) is 7.26. The molecular formula is C14H15BrN2O2. The average Bonchev–Trinajstić information content (AvgIpc) is 2.92. The van der Waals surface area contributed by atoms with Crippen LogP contribution in [0.5, 0.6) is 0 Å². The Morgan fingerprint density at radius 2 is 1.84 bits per heavy atom. The highest BCUT2D eigenvalue weighted by atomic mass is 79.9. The number of halogens is 1. The average molecular weight is 323 g/mol. The van der Waals surface area contributed by atoms with Crippen molar-refractivity contribution in [2.75, 3.05) is 5.73 Å². The van der Waals surface area contributed by atoms with Crippen molar-refractivity contribution in [1.29, 1.82) is 0 Å². The molecule has 0 spiro atoms. The summed E-state index contributed by atoms with van der Waals surface area (Å²) < 4.78 is 0.893. The molecule has 2 atom stereocenters. The van der Waals surface area contributed by atoms with E-state index < -0.39 is 0 Å². The van der Waals surface area contributed by atoms with Crippen LogP contribution >= 0.6 is 15.9 Å². The zero-order chi connectivity index (χ0) is 13.6. The van der Waals surface area contributed by atoms with Crippen LogP contribution in [0.3, 0.4) is 0 Å². The van der Waals surface area contributed by atoms with Gasteiger partial charge in [-0.1, -0.05) is 28.4 Å². The first-order valence-electron chi connectivity index (χ1n) is 6.47. The number of hydrogen-bond acceptors (Lipinski definition) is 3. The molecule has 1 heterocycles. The number of nitrogen functional groups attached to an aromatic ring is 1. The summed E-state index contributed by atoms with van der Waals surface area (Å²) in [6.45, 7) is 0.295. The molecule has 1 aliphatic carbocycles. The number of anilines is 1. The Bertz CT molecular complexity index is 536. The number of benzene rings is 1. The van der Waals surface area contributed by atoms with Crippen molar-refractivity contribution in [2.45, 2.75) is 25.8 Å². The molecule has 1 saturated carbocycles. The molecule has 2 amide bonds. The number of amides is 2. The number of rotatable bonds is 2. The van der Waals surface area contributed by atoms with Crippen molar-refractivity contribution in [3.63, 3.8) is 0 Å². The van der Waals surface area contributed by atoms with Gasteiger partial charge in [-0.25, -0.2) is 0 Å². The molecule has 3 rings (SSSR count). The standard InChI is InChI=1S/C14H15BrN2O2/c15-9-5-4-8(12(16)6-9)7-17-13(18)10-2-1-3-11(10)14(17)19/h4-6,10-11H,1-3,7,16H2. The fourth-order valence-corrected chi connectivity index (χ4v) is 3.47. The Morgan fingerprint density at radius 1 is 1.21 bits per heavy atom. The van der Waals surface area contributed by atoms with Crippen molar-refractivity contribution in [3.05, 3.63) is 28.2 Å². The van der Waals surface area contributed by atoms with E-state index in [4.69, 9.17) is 5.73 Å². The molecule has 100 valence electrons. The summed E-state index contributed by atoms with van der Waals surface area (Å²) in [6, 6.07) is 5.52. The van der Waals surface area contributed by atoms with Crippen molar-refractivity contribution >= 4 is 33.4 Å². The van der Waals surface area contributed by atoms with Gasteiger partial charge in [0.2, 0.25) is 11.8 Å². The molecule has 1 aromatic rings. The lowest BCUT2D eigenvalue weighted by Crippen LogP contribution is -2.31. The monoisotopic (exact) mass is 322 g/mol. The number of nitrogens with two attached hydrogens (primary N) is 1. The van der Waals surface area contributed by atoms with Crippen molar-refractivity contribution < 1.29 is 9.59 Å². The summed E-state index contributed by atoms with van der Waals surface area (Å²) in [5.74, 6) is -0.196. The number of nitrogens with zero attached hydrogens (tertiary/aromatic N) is 1. The van der Waals surface area contributed by atoms with E-state index in [2.05, 4.69) is 15.9 Å². The summed E-state index contributed by atoms with van der Waals surface area (Å²) in [6.07, 6.45) is 2.68. The molecule has 2 aliphatic rings. The Hall–Kier alpha value is -1.36. The highest BCUT2D eigenvalue weighted by Crippen LogP contribution is 2.40. The lowest BCUT2D eigenvalue weighted by atomic mass is 10.00. The summed E-state index contributed by atoms with van der Waals surface area (Å²) in [4.78, 5) is 25.9. The number of imide groups is 1. The number of carbonyl (C=O) groups excluding carboxylic acids is 2. The van der Waals surface area contributed by atoms with Gasteiger partial charge in [-0.3, -0.25) is 14.5 Å². The molecule has 2 N–H and O–H groups in total. The zero-order valence-corrected chi connectivity index (χ0v) is 12.0. The van der Waals surface area contributed by atoms with Gasteiger partial charge in [0.05, 0.1) is 18.4 Å². The van der Waals surface area contributed by atoms with Crippen molar-refractivity contribution in [3.8, 4) is 0 Å². The highest BCUT2D eigenvalue weighted by Gasteiger charge is 2.49. The van der Waals surface area contributed by atoms with E-state index in [-0.39, 0.29) is 23.7 Å². The van der Waals surface area contributed by atoms with E-state index in [1.165, 1.54) is 4.90 Å². The third-order valence-electron chi connectivity index (χ3n) is 4.12. The maximum absolute atomic E-state index is 12.2. The van der Waals surface area contributed by atoms with Crippen LogP contribution < -0.4 is 5.73 Å². The summed E-state index contributed by atoms with van der Waals surface area (Å²) in [7, 11) is 0. The van der Waals surface area contributed by atoms with Crippen LogP contribution in [0.2, 0.25) is 0 Å². The first-order chi connectivity index (χ1) is 9.08. The Balaban J connectivity index is 1.84. The molecule has 0 bridgehead atoms. The van der Waals surface area contributed by atoms with Gasteiger partial charge in [0.15, 0.2) is 0 Å². The van der Waals surface area contributed by atoms with Crippen LogP contribution in [-0.2, 0) is 16.1 Å². The second-order valence-electron chi connectivity index (χ2n) is 5.25. The maximum atomic E-state index is 12.2. The molecule has 1 saturated heterocycles. The van der Waals surface area contributed by atoms with Gasteiger partial charge in [0.25, 0.3) is 0 Å². The first kappa shape index (κ1) is 12.7. The minimum atomic E-state index is -0.0795. The second kappa shape index (κ2) is 4.63. The molecular weight excluding hydrogens is 308 g/mol. The third-order valence-corrected chi connectivity index (χ3v) is 4.61.